The number of fused-ring (bicyclic) bond motifs is 1. The van der Waals surface area contributed by atoms with Crippen LogP contribution in [0, 0.1) is 11.3 Å². The van der Waals surface area contributed by atoms with E-state index < -0.39 is 0 Å². The van der Waals surface area contributed by atoms with Gasteiger partial charge in [-0.2, -0.15) is 5.26 Å². The van der Waals surface area contributed by atoms with Gasteiger partial charge in [0.25, 0.3) is 0 Å². The molecular formula is C18H21N7. The van der Waals surface area contributed by atoms with E-state index in [-0.39, 0.29) is 6.04 Å². The molecule has 0 unspecified atom stereocenters. The van der Waals surface area contributed by atoms with Gasteiger partial charge in [-0.3, -0.25) is 4.90 Å². The molecule has 7 heteroatoms. The molecule has 1 aliphatic rings. The molecule has 1 fully saturated rings. The van der Waals surface area contributed by atoms with Crippen molar-refractivity contribution in [2.75, 3.05) is 27.2 Å². The number of likely N-dealkylation sites (N-methyl/N-ethyl adjacent to an activating group) is 1. The number of pyridine rings is 1. The summed E-state index contributed by atoms with van der Waals surface area (Å²) in [5.74, 6) is 0. The van der Waals surface area contributed by atoms with Crippen molar-refractivity contribution in [3.63, 3.8) is 0 Å². The summed E-state index contributed by atoms with van der Waals surface area (Å²) in [6, 6.07) is 8.96. The van der Waals surface area contributed by atoms with Gasteiger partial charge in [-0.25, -0.2) is 4.68 Å². The standard InChI is InChI=1S/C18H21N7/c1-22(2)17-12-23(13-18(17)25-8-6-20-21-25)10-14-11-24-7-4-3-5-16(24)15(14)9-19/h3-8,11,17-18H,10,12-13H2,1-2H3/t17-,18+/m1/s1. The molecule has 0 radical (unpaired) electrons. The Hall–Kier alpha value is -2.69. The molecule has 3 aromatic rings. The average Bonchev–Trinajstić information content (AvgIpc) is 3.32. The minimum Gasteiger partial charge on any atom is -0.322 e. The van der Waals surface area contributed by atoms with Gasteiger partial charge in [0, 0.05) is 49.8 Å². The monoisotopic (exact) mass is 335 g/mol. The minimum absolute atomic E-state index is 0.264. The van der Waals surface area contributed by atoms with Gasteiger partial charge < -0.3 is 9.30 Å². The van der Waals surface area contributed by atoms with Crippen LogP contribution >= 0.6 is 0 Å². The maximum atomic E-state index is 9.61. The van der Waals surface area contributed by atoms with Gasteiger partial charge in [-0.05, 0) is 26.2 Å². The Morgan fingerprint density at radius 1 is 1.28 bits per heavy atom. The smallest absolute Gasteiger partial charge is 0.102 e. The molecule has 2 atom stereocenters. The van der Waals surface area contributed by atoms with Gasteiger partial charge in [0.15, 0.2) is 0 Å². The number of hydrogen-bond donors (Lipinski definition) is 0. The highest BCUT2D eigenvalue weighted by molar-refractivity contribution is 5.65. The van der Waals surface area contributed by atoms with Crippen LogP contribution in [0.4, 0.5) is 0 Å². The SMILES string of the molecule is CN(C)[C@@H]1CN(Cc2cn3ccccc3c2C#N)C[C@@H]1n1ccnn1. The fraction of sp³-hybridized carbons (Fsp3) is 0.389. The Morgan fingerprint density at radius 3 is 2.88 bits per heavy atom. The number of likely N-dealkylation sites (tertiary alicyclic amines) is 1. The molecule has 4 heterocycles. The van der Waals surface area contributed by atoms with Gasteiger partial charge in [0.2, 0.25) is 0 Å². The molecule has 3 aromatic heterocycles. The van der Waals surface area contributed by atoms with Gasteiger partial charge in [0.1, 0.15) is 6.07 Å². The van der Waals surface area contributed by atoms with Gasteiger partial charge in [0.05, 0.1) is 23.3 Å². The Balaban J connectivity index is 1.61. The van der Waals surface area contributed by atoms with Crippen LogP contribution in [-0.2, 0) is 6.54 Å². The van der Waals surface area contributed by atoms with E-state index >= 15 is 0 Å². The molecule has 4 rings (SSSR count). The Morgan fingerprint density at radius 2 is 2.16 bits per heavy atom. The fourth-order valence-corrected chi connectivity index (χ4v) is 3.81. The molecule has 0 saturated carbocycles. The maximum Gasteiger partial charge on any atom is 0.102 e. The summed E-state index contributed by atoms with van der Waals surface area (Å²) in [6.45, 7) is 2.60. The molecule has 1 aliphatic heterocycles. The first kappa shape index (κ1) is 15.8. The predicted octanol–water partition coefficient (Wildman–Crippen LogP) is 1.39. The lowest BCUT2D eigenvalue weighted by atomic mass is 10.1. The lowest BCUT2D eigenvalue weighted by molar-refractivity contribution is 0.237. The molecule has 25 heavy (non-hydrogen) atoms. The summed E-state index contributed by atoms with van der Waals surface area (Å²) in [6.07, 6.45) is 7.72. The topological polar surface area (TPSA) is 65.4 Å². The van der Waals surface area contributed by atoms with E-state index in [0.29, 0.717) is 6.04 Å². The molecule has 0 aromatic carbocycles. The second-order valence-electron chi connectivity index (χ2n) is 6.81. The molecule has 0 aliphatic carbocycles. The number of aromatic nitrogens is 4. The van der Waals surface area contributed by atoms with Crippen LogP contribution in [0.3, 0.4) is 0 Å². The van der Waals surface area contributed by atoms with Crippen LogP contribution in [0.2, 0.25) is 0 Å². The van der Waals surface area contributed by atoms with Crippen molar-refractivity contribution < 1.29 is 0 Å². The summed E-state index contributed by atoms with van der Waals surface area (Å²) in [4.78, 5) is 4.64. The average molecular weight is 335 g/mol. The zero-order chi connectivity index (χ0) is 17.4. The van der Waals surface area contributed by atoms with Gasteiger partial charge in [-0.15, -0.1) is 5.10 Å². The third kappa shape index (κ3) is 2.80. The van der Waals surface area contributed by atoms with Crippen molar-refractivity contribution in [1.29, 1.82) is 5.26 Å². The quantitative estimate of drug-likeness (QED) is 0.721. The summed E-state index contributed by atoms with van der Waals surface area (Å²) in [5.41, 5.74) is 2.81. The number of nitriles is 1. The van der Waals surface area contributed by atoms with Crippen molar-refractivity contribution >= 4 is 5.52 Å². The Labute approximate surface area is 146 Å². The summed E-state index contributed by atoms with van der Waals surface area (Å²) < 4.78 is 3.98. The van der Waals surface area contributed by atoms with E-state index in [1.54, 1.807) is 6.20 Å². The predicted molar refractivity (Wildman–Crippen MR) is 93.9 cm³/mol. The van der Waals surface area contributed by atoms with Crippen LogP contribution < -0.4 is 0 Å². The maximum absolute atomic E-state index is 9.61. The largest absolute Gasteiger partial charge is 0.322 e. The van der Waals surface area contributed by atoms with Crippen molar-refractivity contribution in [3.05, 3.63) is 54.1 Å². The first-order chi connectivity index (χ1) is 12.2. The van der Waals surface area contributed by atoms with Gasteiger partial charge >= 0.3 is 0 Å². The zero-order valence-electron chi connectivity index (χ0n) is 14.4. The molecule has 7 nitrogen and oxygen atoms in total. The van der Waals surface area contributed by atoms with Crippen LogP contribution in [-0.4, -0.2) is 62.4 Å². The zero-order valence-corrected chi connectivity index (χ0v) is 14.4. The highest BCUT2D eigenvalue weighted by Gasteiger charge is 2.36. The van der Waals surface area contributed by atoms with Crippen LogP contribution in [0.25, 0.3) is 5.52 Å². The third-order valence-corrected chi connectivity index (χ3v) is 5.05. The third-order valence-electron chi connectivity index (χ3n) is 5.05. The second-order valence-corrected chi connectivity index (χ2v) is 6.81. The van der Waals surface area contributed by atoms with Crippen molar-refractivity contribution in [1.82, 2.24) is 29.2 Å². The lowest BCUT2D eigenvalue weighted by Gasteiger charge is -2.24. The minimum atomic E-state index is 0.264. The Kier molecular flexibility index (Phi) is 3.99. The summed E-state index contributed by atoms with van der Waals surface area (Å²) in [5, 5.41) is 17.8. The molecule has 1 saturated heterocycles. The normalized spacial score (nSPS) is 21.2. The summed E-state index contributed by atoms with van der Waals surface area (Å²) >= 11 is 0. The number of hydrogen-bond acceptors (Lipinski definition) is 5. The van der Waals surface area contributed by atoms with E-state index in [4.69, 9.17) is 0 Å². The van der Waals surface area contributed by atoms with E-state index in [9.17, 15) is 5.26 Å². The highest BCUT2D eigenvalue weighted by atomic mass is 15.5. The molecule has 128 valence electrons. The molecule has 0 amide bonds. The van der Waals surface area contributed by atoms with Crippen molar-refractivity contribution in [2.24, 2.45) is 0 Å². The highest BCUT2D eigenvalue weighted by Crippen LogP contribution is 2.27. The molecular weight excluding hydrogens is 314 g/mol. The molecule has 0 spiro atoms. The van der Waals surface area contributed by atoms with Gasteiger partial charge in [-0.1, -0.05) is 11.3 Å². The summed E-state index contributed by atoms with van der Waals surface area (Å²) in [7, 11) is 4.21. The van der Waals surface area contributed by atoms with Crippen LogP contribution in [0.15, 0.2) is 43.0 Å². The number of nitrogens with zero attached hydrogens (tertiary/aromatic N) is 7. The fourth-order valence-electron chi connectivity index (χ4n) is 3.81. The van der Waals surface area contributed by atoms with Crippen molar-refractivity contribution in [3.8, 4) is 6.07 Å². The molecule has 0 bridgehead atoms. The molecule has 0 N–H and O–H groups in total. The Bertz CT molecular complexity index is 903. The van der Waals surface area contributed by atoms with Crippen molar-refractivity contribution in [2.45, 2.75) is 18.6 Å². The van der Waals surface area contributed by atoms with E-state index in [2.05, 4.69) is 46.5 Å². The number of rotatable bonds is 4. The first-order valence-electron chi connectivity index (χ1n) is 8.40. The lowest BCUT2D eigenvalue weighted by Crippen LogP contribution is -2.36. The second kappa shape index (κ2) is 6.31. The van der Waals surface area contributed by atoms with Crippen LogP contribution in [0.5, 0.6) is 0 Å². The van der Waals surface area contributed by atoms with E-state index in [1.165, 1.54) is 0 Å². The van der Waals surface area contributed by atoms with Crippen LogP contribution in [0.1, 0.15) is 17.2 Å². The van der Waals surface area contributed by atoms with E-state index in [0.717, 1.165) is 36.3 Å². The van der Waals surface area contributed by atoms with E-state index in [1.807, 2.05) is 39.7 Å². The first-order valence-corrected chi connectivity index (χ1v) is 8.40.